The number of benzene rings is 2. The second-order valence-corrected chi connectivity index (χ2v) is 6.76. The minimum atomic E-state index is -0.689. The molecule has 3 aromatic rings. The van der Waals surface area contributed by atoms with Crippen molar-refractivity contribution in [3.05, 3.63) is 53.6 Å². The van der Waals surface area contributed by atoms with Crippen LogP contribution in [0.4, 0.5) is 5.13 Å². The first kappa shape index (κ1) is 18.2. The summed E-state index contributed by atoms with van der Waals surface area (Å²) in [5, 5.41) is 12.6. The van der Waals surface area contributed by atoms with Crippen LogP contribution in [0.5, 0.6) is 11.5 Å². The van der Waals surface area contributed by atoms with E-state index in [4.69, 9.17) is 21.1 Å². The third-order valence-corrected chi connectivity index (χ3v) is 4.63. The smallest absolute Gasteiger partial charge is 0.266 e. The highest BCUT2D eigenvalue weighted by molar-refractivity contribution is 7.18. The largest absolute Gasteiger partial charge is 0.497 e. The monoisotopic (exact) mass is 389 g/mol. The second-order valence-electron chi connectivity index (χ2n) is 5.34. The van der Waals surface area contributed by atoms with Crippen molar-refractivity contribution in [2.45, 2.75) is 13.0 Å². The molecule has 0 saturated carbocycles. The van der Waals surface area contributed by atoms with E-state index in [0.717, 1.165) is 11.3 Å². The summed E-state index contributed by atoms with van der Waals surface area (Å²) >= 11 is 7.16. The van der Waals surface area contributed by atoms with E-state index in [-0.39, 0.29) is 5.91 Å². The minimum absolute atomic E-state index is 0.306. The Morgan fingerprint density at radius 2 is 1.73 bits per heavy atom. The molecule has 0 fully saturated rings. The number of hydrogen-bond acceptors (Lipinski definition) is 6. The van der Waals surface area contributed by atoms with Gasteiger partial charge in [-0.1, -0.05) is 35.1 Å². The Bertz CT molecular complexity index is 881. The third-order valence-electron chi connectivity index (χ3n) is 3.49. The molecule has 8 heteroatoms. The molecule has 1 heterocycles. The zero-order valence-corrected chi connectivity index (χ0v) is 15.7. The molecule has 0 bridgehead atoms. The maximum Gasteiger partial charge on any atom is 0.266 e. The number of rotatable bonds is 6. The van der Waals surface area contributed by atoms with Crippen molar-refractivity contribution in [2.24, 2.45) is 0 Å². The summed E-state index contributed by atoms with van der Waals surface area (Å²) < 4.78 is 10.7. The molecule has 0 aliphatic rings. The number of carbonyl (C=O) groups is 1. The highest BCUT2D eigenvalue weighted by Crippen LogP contribution is 2.27. The summed E-state index contributed by atoms with van der Waals surface area (Å²) in [5.41, 5.74) is 0.884. The van der Waals surface area contributed by atoms with E-state index in [1.165, 1.54) is 11.3 Å². The lowest BCUT2D eigenvalue weighted by atomic mass is 10.2. The predicted molar refractivity (Wildman–Crippen MR) is 102 cm³/mol. The van der Waals surface area contributed by atoms with E-state index < -0.39 is 6.10 Å². The van der Waals surface area contributed by atoms with Gasteiger partial charge in [0.2, 0.25) is 5.13 Å². The number of carbonyl (C=O) groups excluding carboxylic acids is 1. The van der Waals surface area contributed by atoms with E-state index in [1.54, 1.807) is 50.4 Å². The lowest BCUT2D eigenvalue weighted by Crippen LogP contribution is -2.30. The van der Waals surface area contributed by atoms with E-state index in [2.05, 4.69) is 15.5 Å². The Balaban J connectivity index is 1.61. The molecule has 0 unspecified atom stereocenters. The molecule has 0 spiro atoms. The predicted octanol–water partition coefficient (Wildman–Crippen LogP) is 4.27. The molecule has 0 aliphatic carbocycles. The number of nitrogens with zero attached hydrogens (tertiary/aromatic N) is 2. The lowest BCUT2D eigenvalue weighted by Gasteiger charge is -2.13. The Labute approximate surface area is 159 Å². The Hall–Kier alpha value is -2.64. The van der Waals surface area contributed by atoms with E-state index in [1.807, 2.05) is 12.1 Å². The van der Waals surface area contributed by atoms with Crippen molar-refractivity contribution < 1.29 is 14.3 Å². The van der Waals surface area contributed by atoms with Crippen LogP contribution < -0.4 is 14.8 Å². The van der Waals surface area contributed by atoms with Crippen molar-refractivity contribution in [1.82, 2.24) is 10.2 Å². The number of halogens is 1. The fourth-order valence-corrected chi connectivity index (χ4v) is 2.98. The molecule has 0 saturated heterocycles. The van der Waals surface area contributed by atoms with Gasteiger partial charge < -0.3 is 9.47 Å². The summed E-state index contributed by atoms with van der Waals surface area (Å²) in [5.74, 6) is 0.991. The Morgan fingerprint density at radius 3 is 2.38 bits per heavy atom. The van der Waals surface area contributed by atoms with Gasteiger partial charge in [0.25, 0.3) is 5.91 Å². The molecular weight excluding hydrogens is 374 g/mol. The number of anilines is 1. The van der Waals surface area contributed by atoms with Crippen LogP contribution in [0.3, 0.4) is 0 Å². The number of nitrogens with one attached hydrogen (secondary N) is 1. The third kappa shape index (κ3) is 4.50. The molecular formula is C18H16ClN3O3S. The zero-order chi connectivity index (χ0) is 18.5. The van der Waals surface area contributed by atoms with Gasteiger partial charge in [0.15, 0.2) is 6.10 Å². The molecule has 26 heavy (non-hydrogen) atoms. The number of aromatic nitrogens is 2. The van der Waals surface area contributed by atoms with Gasteiger partial charge in [0.1, 0.15) is 16.5 Å². The van der Waals surface area contributed by atoms with Gasteiger partial charge in [-0.2, -0.15) is 0 Å². The molecule has 1 amide bonds. The number of amides is 1. The van der Waals surface area contributed by atoms with Gasteiger partial charge in [-0.3, -0.25) is 10.1 Å². The van der Waals surface area contributed by atoms with Crippen LogP contribution in [0.15, 0.2) is 48.5 Å². The molecule has 3 rings (SSSR count). The van der Waals surface area contributed by atoms with Gasteiger partial charge in [-0.05, 0) is 43.3 Å². The topological polar surface area (TPSA) is 73.3 Å². The molecule has 1 N–H and O–H groups in total. The van der Waals surface area contributed by atoms with Crippen LogP contribution in [-0.4, -0.2) is 29.3 Å². The molecule has 0 aliphatic heterocycles. The van der Waals surface area contributed by atoms with Crippen LogP contribution >= 0.6 is 22.9 Å². The molecule has 1 atom stereocenters. The maximum absolute atomic E-state index is 12.3. The lowest BCUT2D eigenvalue weighted by molar-refractivity contribution is -0.122. The van der Waals surface area contributed by atoms with E-state index in [0.29, 0.717) is 20.9 Å². The van der Waals surface area contributed by atoms with Crippen molar-refractivity contribution in [2.75, 3.05) is 12.4 Å². The quantitative estimate of drug-likeness (QED) is 0.681. The van der Waals surface area contributed by atoms with Crippen LogP contribution in [0.25, 0.3) is 10.6 Å². The average Bonchev–Trinajstić information content (AvgIpc) is 3.11. The summed E-state index contributed by atoms with van der Waals surface area (Å²) in [6.07, 6.45) is -0.689. The number of ether oxygens (including phenoxy) is 2. The highest BCUT2D eigenvalue weighted by Gasteiger charge is 2.17. The Morgan fingerprint density at radius 1 is 1.08 bits per heavy atom. The first-order valence-electron chi connectivity index (χ1n) is 7.76. The Kier molecular flexibility index (Phi) is 5.70. The van der Waals surface area contributed by atoms with Crippen LogP contribution in [0, 0.1) is 0 Å². The first-order chi connectivity index (χ1) is 12.5. The first-order valence-corrected chi connectivity index (χ1v) is 8.95. The fraction of sp³-hybridized carbons (Fsp3) is 0.167. The highest BCUT2D eigenvalue weighted by atomic mass is 35.5. The van der Waals surface area contributed by atoms with Crippen LogP contribution in [0.1, 0.15) is 6.92 Å². The molecule has 134 valence electrons. The van der Waals surface area contributed by atoms with Gasteiger partial charge in [0, 0.05) is 10.6 Å². The molecule has 2 aromatic carbocycles. The normalized spacial score (nSPS) is 11.7. The number of methoxy groups -OCH3 is 1. The maximum atomic E-state index is 12.3. The summed E-state index contributed by atoms with van der Waals surface area (Å²) in [6, 6.07) is 14.3. The molecule has 6 nitrogen and oxygen atoms in total. The van der Waals surface area contributed by atoms with Gasteiger partial charge in [-0.15, -0.1) is 10.2 Å². The number of hydrogen-bond donors (Lipinski definition) is 1. The van der Waals surface area contributed by atoms with Crippen molar-refractivity contribution in [3.63, 3.8) is 0 Å². The van der Waals surface area contributed by atoms with Gasteiger partial charge >= 0.3 is 0 Å². The van der Waals surface area contributed by atoms with Crippen molar-refractivity contribution >= 4 is 34.0 Å². The van der Waals surface area contributed by atoms with Gasteiger partial charge in [0.05, 0.1) is 7.11 Å². The summed E-state index contributed by atoms with van der Waals surface area (Å²) in [7, 11) is 1.59. The van der Waals surface area contributed by atoms with Crippen LogP contribution in [-0.2, 0) is 4.79 Å². The average molecular weight is 390 g/mol. The fourth-order valence-electron chi connectivity index (χ4n) is 2.10. The van der Waals surface area contributed by atoms with E-state index >= 15 is 0 Å². The van der Waals surface area contributed by atoms with Gasteiger partial charge in [-0.25, -0.2) is 0 Å². The summed E-state index contributed by atoms with van der Waals surface area (Å²) in [4.78, 5) is 12.3. The van der Waals surface area contributed by atoms with Crippen molar-refractivity contribution in [3.8, 4) is 22.1 Å². The standard InChI is InChI=1S/C18H16ClN3O3S/c1-11(25-15-9-7-14(24-2)8-10-15)16(23)20-18-22-21-17(26-18)12-3-5-13(19)6-4-12/h3-11H,1-2H3,(H,20,22,23)/t11-/m1/s1. The second kappa shape index (κ2) is 8.16. The zero-order valence-electron chi connectivity index (χ0n) is 14.1. The van der Waals surface area contributed by atoms with Crippen LogP contribution in [0.2, 0.25) is 5.02 Å². The SMILES string of the molecule is COc1ccc(O[C@H](C)C(=O)Nc2nnc(-c3ccc(Cl)cc3)s2)cc1. The van der Waals surface area contributed by atoms with Crippen molar-refractivity contribution in [1.29, 1.82) is 0 Å². The molecule has 0 radical (unpaired) electrons. The molecule has 1 aromatic heterocycles. The summed E-state index contributed by atoms with van der Waals surface area (Å²) in [6.45, 7) is 1.67. The van der Waals surface area contributed by atoms with E-state index in [9.17, 15) is 4.79 Å². The minimum Gasteiger partial charge on any atom is -0.497 e.